The number of anilines is 2. The molecule has 1 heterocycles. The fourth-order valence-corrected chi connectivity index (χ4v) is 3.73. The zero-order valence-electron chi connectivity index (χ0n) is 18.9. The van der Waals surface area contributed by atoms with Crippen LogP contribution in [-0.2, 0) is 19.1 Å². The van der Waals surface area contributed by atoms with Crippen LogP contribution in [0, 0.1) is 5.92 Å². The Kier molecular flexibility index (Phi) is 7.10. The highest BCUT2D eigenvalue weighted by Gasteiger charge is 2.36. The number of hydrogen-bond acceptors (Lipinski definition) is 6. The molecule has 0 spiro atoms. The van der Waals surface area contributed by atoms with Gasteiger partial charge in [0.05, 0.1) is 23.8 Å². The second-order valence-electron chi connectivity index (χ2n) is 8.28. The van der Waals surface area contributed by atoms with Gasteiger partial charge in [0.25, 0.3) is 11.8 Å². The monoisotopic (exact) mass is 465 g/mol. The SMILES string of the molecule is CCOc1ccc(N2CC(C(=O)OCC(=O)Nc3ccccc3C(=O)NC3CC3)CC2=O)cc1. The van der Waals surface area contributed by atoms with E-state index in [2.05, 4.69) is 10.6 Å². The predicted molar refractivity (Wildman–Crippen MR) is 125 cm³/mol. The molecule has 2 N–H and O–H groups in total. The van der Waals surface area contributed by atoms with Crippen LogP contribution in [0.5, 0.6) is 5.75 Å². The summed E-state index contributed by atoms with van der Waals surface area (Å²) in [7, 11) is 0. The fraction of sp³-hybridized carbons (Fsp3) is 0.360. The van der Waals surface area contributed by atoms with Gasteiger partial charge in [0, 0.05) is 24.7 Å². The molecule has 1 aliphatic carbocycles. The lowest BCUT2D eigenvalue weighted by molar-refractivity contribution is -0.151. The number of nitrogens with one attached hydrogen (secondary N) is 2. The Bertz CT molecular complexity index is 1080. The van der Waals surface area contributed by atoms with E-state index in [1.165, 1.54) is 4.90 Å². The summed E-state index contributed by atoms with van der Waals surface area (Å²) in [6.07, 6.45) is 1.92. The van der Waals surface area contributed by atoms with Gasteiger partial charge in [-0.15, -0.1) is 0 Å². The van der Waals surface area contributed by atoms with Gasteiger partial charge in [-0.3, -0.25) is 19.2 Å². The number of carbonyl (C=O) groups is 4. The topological polar surface area (TPSA) is 114 Å². The number of esters is 1. The van der Waals surface area contributed by atoms with E-state index in [9.17, 15) is 19.2 Å². The van der Waals surface area contributed by atoms with Crippen molar-refractivity contribution in [2.45, 2.75) is 32.2 Å². The average molecular weight is 466 g/mol. The molecule has 1 saturated heterocycles. The minimum absolute atomic E-state index is 0.0117. The third-order valence-electron chi connectivity index (χ3n) is 5.62. The zero-order chi connectivity index (χ0) is 24.1. The lowest BCUT2D eigenvalue weighted by atomic mass is 10.1. The summed E-state index contributed by atoms with van der Waals surface area (Å²) >= 11 is 0. The second kappa shape index (κ2) is 10.4. The van der Waals surface area contributed by atoms with Crippen molar-refractivity contribution < 1.29 is 28.7 Å². The van der Waals surface area contributed by atoms with Crippen molar-refractivity contribution in [1.82, 2.24) is 5.32 Å². The molecule has 0 aromatic heterocycles. The van der Waals surface area contributed by atoms with Crippen LogP contribution < -0.4 is 20.3 Å². The largest absolute Gasteiger partial charge is 0.494 e. The number of ether oxygens (including phenoxy) is 2. The Morgan fingerprint density at radius 2 is 1.79 bits per heavy atom. The first-order valence-electron chi connectivity index (χ1n) is 11.3. The zero-order valence-corrected chi connectivity index (χ0v) is 18.9. The van der Waals surface area contributed by atoms with Crippen LogP contribution in [0.25, 0.3) is 0 Å². The van der Waals surface area contributed by atoms with Gasteiger partial charge < -0.3 is 25.0 Å². The van der Waals surface area contributed by atoms with Crippen LogP contribution in [-0.4, -0.2) is 49.5 Å². The smallest absolute Gasteiger partial charge is 0.311 e. The molecular formula is C25H27N3O6. The normalized spacial score (nSPS) is 17.3. The van der Waals surface area contributed by atoms with E-state index < -0.39 is 24.4 Å². The highest BCUT2D eigenvalue weighted by atomic mass is 16.5. The van der Waals surface area contributed by atoms with E-state index in [1.807, 2.05) is 6.92 Å². The van der Waals surface area contributed by atoms with Gasteiger partial charge in [-0.05, 0) is 56.2 Å². The van der Waals surface area contributed by atoms with Gasteiger partial charge in [0.2, 0.25) is 5.91 Å². The van der Waals surface area contributed by atoms with Crippen LogP contribution >= 0.6 is 0 Å². The molecule has 2 aromatic carbocycles. The van der Waals surface area contributed by atoms with Crippen molar-refractivity contribution in [3.8, 4) is 5.75 Å². The van der Waals surface area contributed by atoms with Crippen LogP contribution in [0.1, 0.15) is 36.5 Å². The van der Waals surface area contributed by atoms with E-state index in [0.29, 0.717) is 29.3 Å². The molecule has 2 aliphatic rings. The second-order valence-corrected chi connectivity index (χ2v) is 8.28. The molecule has 9 heteroatoms. The number of carbonyl (C=O) groups excluding carboxylic acids is 4. The Labute approximate surface area is 197 Å². The van der Waals surface area contributed by atoms with Gasteiger partial charge in [0.1, 0.15) is 5.75 Å². The van der Waals surface area contributed by atoms with Crippen molar-refractivity contribution in [1.29, 1.82) is 0 Å². The molecule has 2 fully saturated rings. The van der Waals surface area contributed by atoms with Crippen molar-refractivity contribution >= 4 is 35.1 Å². The van der Waals surface area contributed by atoms with E-state index in [4.69, 9.17) is 9.47 Å². The number of rotatable bonds is 9. The molecule has 178 valence electrons. The third kappa shape index (κ3) is 5.72. The molecule has 1 saturated carbocycles. The van der Waals surface area contributed by atoms with Crippen LogP contribution in [0.4, 0.5) is 11.4 Å². The molecule has 0 radical (unpaired) electrons. The summed E-state index contributed by atoms with van der Waals surface area (Å²) in [5.41, 5.74) is 1.36. The number of amides is 3. The van der Waals surface area contributed by atoms with Gasteiger partial charge in [0.15, 0.2) is 6.61 Å². The summed E-state index contributed by atoms with van der Waals surface area (Å²) in [6, 6.07) is 13.9. The molecule has 1 unspecified atom stereocenters. The predicted octanol–water partition coefficient (Wildman–Crippen LogP) is 2.51. The Morgan fingerprint density at radius 1 is 1.06 bits per heavy atom. The van der Waals surface area contributed by atoms with Crippen molar-refractivity contribution in [3.05, 3.63) is 54.1 Å². The first-order valence-corrected chi connectivity index (χ1v) is 11.3. The third-order valence-corrected chi connectivity index (χ3v) is 5.62. The molecular weight excluding hydrogens is 438 g/mol. The summed E-state index contributed by atoms with van der Waals surface area (Å²) in [4.78, 5) is 51.2. The molecule has 4 rings (SSSR count). The summed E-state index contributed by atoms with van der Waals surface area (Å²) in [5, 5.41) is 5.51. The van der Waals surface area contributed by atoms with Crippen molar-refractivity contribution in [2.75, 3.05) is 30.0 Å². The Balaban J connectivity index is 1.29. The van der Waals surface area contributed by atoms with Crippen LogP contribution in [0.3, 0.4) is 0 Å². The van der Waals surface area contributed by atoms with E-state index >= 15 is 0 Å². The highest BCUT2D eigenvalue weighted by Crippen LogP contribution is 2.27. The van der Waals surface area contributed by atoms with Gasteiger partial charge in [-0.1, -0.05) is 12.1 Å². The van der Waals surface area contributed by atoms with E-state index in [0.717, 1.165) is 12.8 Å². The molecule has 3 amide bonds. The highest BCUT2D eigenvalue weighted by molar-refractivity contribution is 6.04. The maximum absolute atomic E-state index is 12.5. The lowest BCUT2D eigenvalue weighted by Gasteiger charge is -2.17. The van der Waals surface area contributed by atoms with Crippen LogP contribution in [0.2, 0.25) is 0 Å². The molecule has 1 aliphatic heterocycles. The molecule has 1 atom stereocenters. The summed E-state index contributed by atoms with van der Waals surface area (Å²) < 4.78 is 10.6. The first-order chi connectivity index (χ1) is 16.4. The molecule has 34 heavy (non-hydrogen) atoms. The molecule has 9 nitrogen and oxygen atoms in total. The van der Waals surface area contributed by atoms with E-state index in [1.54, 1.807) is 48.5 Å². The maximum Gasteiger partial charge on any atom is 0.311 e. The summed E-state index contributed by atoms with van der Waals surface area (Å²) in [6.45, 7) is 2.10. The average Bonchev–Trinajstić information content (AvgIpc) is 3.56. The minimum atomic E-state index is -0.663. The van der Waals surface area contributed by atoms with Crippen LogP contribution in [0.15, 0.2) is 48.5 Å². The molecule has 0 bridgehead atoms. The van der Waals surface area contributed by atoms with Crippen molar-refractivity contribution in [3.63, 3.8) is 0 Å². The lowest BCUT2D eigenvalue weighted by Crippen LogP contribution is -2.29. The fourth-order valence-electron chi connectivity index (χ4n) is 3.73. The van der Waals surface area contributed by atoms with Gasteiger partial charge in [-0.2, -0.15) is 0 Å². The standard InChI is InChI=1S/C25H27N3O6/c1-2-33-19-11-9-18(10-12-19)28-14-16(13-23(28)30)25(32)34-15-22(29)27-21-6-4-3-5-20(21)24(31)26-17-7-8-17/h3-6,9-12,16-17H,2,7-8,13-15H2,1H3,(H,26,31)(H,27,29). The number of hydrogen-bond donors (Lipinski definition) is 2. The van der Waals surface area contributed by atoms with E-state index in [-0.39, 0.29) is 30.8 Å². The first kappa shape index (κ1) is 23.3. The number of para-hydroxylation sites is 1. The van der Waals surface area contributed by atoms with Crippen molar-refractivity contribution in [2.24, 2.45) is 5.92 Å². The van der Waals surface area contributed by atoms with Gasteiger partial charge in [-0.25, -0.2) is 0 Å². The number of benzene rings is 2. The summed E-state index contributed by atoms with van der Waals surface area (Å²) in [5.74, 6) is -1.58. The Hall–Kier alpha value is -3.88. The minimum Gasteiger partial charge on any atom is -0.494 e. The molecule has 2 aromatic rings. The quantitative estimate of drug-likeness (QED) is 0.550. The Morgan fingerprint density at radius 3 is 2.50 bits per heavy atom. The van der Waals surface area contributed by atoms with Gasteiger partial charge >= 0.3 is 5.97 Å². The maximum atomic E-state index is 12.5. The number of nitrogens with zero attached hydrogens (tertiary/aromatic N) is 1.